The molecule has 34 heavy (non-hydrogen) atoms. The van der Waals surface area contributed by atoms with E-state index in [1.54, 1.807) is 25.6 Å². The quantitative estimate of drug-likeness (QED) is 0.629. The van der Waals surface area contributed by atoms with Crippen LogP contribution in [-0.4, -0.2) is 51.6 Å². The van der Waals surface area contributed by atoms with Crippen LogP contribution in [0, 0.1) is 12.7 Å². The zero-order valence-electron chi connectivity index (χ0n) is 19.0. The molecular weight excluding hydrogens is 435 g/mol. The van der Waals surface area contributed by atoms with Gasteiger partial charge in [-0.1, -0.05) is 18.2 Å². The number of aliphatic hydroxyl groups is 1. The molecule has 1 saturated heterocycles. The van der Waals surface area contributed by atoms with Gasteiger partial charge in [-0.25, -0.2) is 9.37 Å². The highest BCUT2D eigenvalue weighted by molar-refractivity contribution is 6.15. The van der Waals surface area contributed by atoms with E-state index in [2.05, 4.69) is 9.98 Å². The maximum atomic E-state index is 13.5. The van der Waals surface area contributed by atoms with Crippen LogP contribution in [0.25, 0.3) is 11.8 Å². The van der Waals surface area contributed by atoms with E-state index in [0.29, 0.717) is 23.7 Å². The SMILES string of the molecule is COc1cc(/C=C2/CCCN3C2=NC(=O)C3(CO)c2ccc(F)cc2)ccc1-n1cnc(C)c1. The number of aliphatic hydroxyl groups excluding tert-OH is 1. The lowest BCUT2D eigenvalue weighted by atomic mass is 9.86. The molecule has 7 nitrogen and oxygen atoms in total. The lowest BCUT2D eigenvalue weighted by Crippen LogP contribution is -2.53. The van der Waals surface area contributed by atoms with Crippen molar-refractivity contribution in [3.05, 3.63) is 83.2 Å². The van der Waals surface area contributed by atoms with Crippen molar-refractivity contribution < 1.29 is 19.0 Å². The monoisotopic (exact) mass is 460 g/mol. The smallest absolute Gasteiger partial charge is 0.280 e. The summed E-state index contributed by atoms with van der Waals surface area (Å²) in [6.45, 7) is 2.06. The number of amides is 1. The fourth-order valence-corrected chi connectivity index (χ4v) is 4.76. The molecule has 2 aromatic carbocycles. The van der Waals surface area contributed by atoms with Crippen molar-refractivity contribution in [3.63, 3.8) is 0 Å². The topological polar surface area (TPSA) is 80.0 Å². The molecule has 3 heterocycles. The summed E-state index contributed by atoms with van der Waals surface area (Å²) < 4.78 is 21.1. The summed E-state index contributed by atoms with van der Waals surface area (Å²) >= 11 is 0. The predicted molar refractivity (Wildman–Crippen MR) is 126 cm³/mol. The Balaban J connectivity index is 1.51. The molecule has 174 valence electrons. The van der Waals surface area contributed by atoms with Crippen molar-refractivity contribution in [2.24, 2.45) is 4.99 Å². The highest BCUT2D eigenvalue weighted by atomic mass is 19.1. The number of benzene rings is 2. The number of aryl methyl sites for hydroxylation is 1. The van der Waals surface area contributed by atoms with Gasteiger partial charge in [-0.2, -0.15) is 4.99 Å². The molecular formula is C26H25FN4O3. The zero-order valence-corrected chi connectivity index (χ0v) is 19.0. The zero-order chi connectivity index (χ0) is 23.9. The van der Waals surface area contributed by atoms with Crippen LogP contribution in [0.5, 0.6) is 5.75 Å². The third kappa shape index (κ3) is 3.51. The number of hydrogen-bond donors (Lipinski definition) is 1. The van der Waals surface area contributed by atoms with Gasteiger partial charge >= 0.3 is 0 Å². The first-order chi connectivity index (χ1) is 16.5. The summed E-state index contributed by atoms with van der Waals surface area (Å²) in [6.07, 6.45) is 7.22. The van der Waals surface area contributed by atoms with E-state index in [4.69, 9.17) is 4.74 Å². The second-order valence-electron chi connectivity index (χ2n) is 8.54. The maximum absolute atomic E-state index is 13.5. The number of ether oxygens (including phenoxy) is 1. The molecule has 0 bridgehead atoms. The number of imidazole rings is 1. The number of carbonyl (C=O) groups is 1. The van der Waals surface area contributed by atoms with E-state index in [1.165, 1.54) is 12.1 Å². The van der Waals surface area contributed by atoms with Crippen molar-refractivity contribution in [3.8, 4) is 11.4 Å². The number of halogens is 1. The van der Waals surface area contributed by atoms with Crippen LogP contribution in [-0.2, 0) is 10.3 Å². The number of aromatic nitrogens is 2. The Labute approximate surface area is 196 Å². The number of aliphatic imine (C=N–C) groups is 1. The van der Waals surface area contributed by atoms with E-state index >= 15 is 0 Å². The van der Waals surface area contributed by atoms with E-state index < -0.39 is 23.9 Å². The Bertz CT molecular complexity index is 1310. The molecule has 1 atom stereocenters. The lowest BCUT2D eigenvalue weighted by Gasteiger charge is -2.40. The van der Waals surface area contributed by atoms with Crippen LogP contribution < -0.4 is 4.74 Å². The molecule has 1 aromatic heterocycles. The number of nitrogens with zero attached hydrogens (tertiary/aromatic N) is 4. The fraction of sp³-hybridized carbons (Fsp3) is 0.269. The standard InChI is InChI=1S/C26H25FN4O3/c1-17-14-30(16-28-17)22-10-5-18(13-23(22)34-2)12-19-4-3-11-31-24(19)29-25(33)26(31,15-32)20-6-8-21(27)9-7-20/h5-10,12-14,16,32H,3-4,11,15H2,1-2H3/b19-12-. The van der Waals surface area contributed by atoms with Crippen LogP contribution in [0.3, 0.4) is 0 Å². The van der Waals surface area contributed by atoms with Crippen molar-refractivity contribution in [1.29, 1.82) is 0 Å². The van der Waals surface area contributed by atoms with Gasteiger partial charge in [0.1, 0.15) is 17.4 Å². The van der Waals surface area contributed by atoms with Crippen LogP contribution in [0.2, 0.25) is 0 Å². The number of hydrogen-bond acceptors (Lipinski definition) is 5. The van der Waals surface area contributed by atoms with Crippen LogP contribution >= 0.6 is 0 Å². The van der Waals surface area contributed by atoms with Gasteiger partial charge in [0.15, 0.2) is 5.54 Å². The van der Waals surface area contributed by atoms with Crippen molar-refractivity contribution >= 4 is 17.8 Å². The summed E-state index contributed by atoms with van der Waals surface area (Å²) in [5, 5.41) is 10.4. The Morgan fingerprint density at radius 1 is 1.24 bits per heavy atom. The number of fused-ring (bicyclic) bond motifs is 1. The van der Waals surface area contributed by atoms with Crippen LogP contribution in [0.4, 0.5) is 4.39 Å². The number of amidine groups is 1. The molecule has 0 aliphatic carbocycles. The highest BCUT2D eigenvalue weighted by Gasteiger charge is 2.52. The Kier molecular flexibility index (Phi) is 5.53. The van der Waals surface area contributed by atoms with Crippen LogP contribution in [0.15, 0.2) is 65.6 Å². The van der Waals surface area contributed by atoms with Crippen molar-refractivity contribution in [2.75, 3.05) is 20.3 Å². The average Bonchev–Trinajstić information content (AvgIpc) is 3.40. The molecule has 1 fully saturated rings. The van der Waals surface area contributed by atoms with Gasteiger partial charge in [-0.05, 0) is 66.8 Å². The van der Waals surface area contributed by atoms with E-state index in [9.17, 15) is 14.3 Å². The second-order valence-corrected chi connectivity index (χ2v) is 8.54. The number of methoxy groups -OCH3 is 1. The summed E-state index contributed by atoms with van der Waals surface area (Å²) in [5.74, 6) is 0.418. The van der Waals surface area contributed by atoms with Gasteiger partial charge in [0.05, 0.1) is 31.4 Å². The third-order valence-electron chi connectivity index (χ3n) is 6.48. The molecule has 8 heteroatoms. The Morgan fingerprint density at radius 2 is 2.03 bits per heavy atom. The molecule has 2 aliphatic heterocycles. The number of rotatable bonds is 5. The largest absolute Gasteiger partial charge is 0.495 e. The summed E-state index contributed by atoms with van der Waals surface area (Å²) in [5.41, 5.74) is 2.80. The minimum atomic E-state index is -1.33. The summed E-state index contributed by atoms with van der Waals surface area (Å²) in [7, 11) is 1.62. The van der Waals surface area contributed by atoms with Gasteiger partial charge in [0.25, 0.3) is 5.91 Å². The van der Waals surface area contributed by atoms with Gasteiger partial charge in [0.2, 0.25) is 0 Å². The van der Waals surface area contributed by atoms with E-state index in [0.717, 1.165) is 35.4 Å². The first kappa shape index (κ1) is 22.0. The van der Waals surface area contributed by atoms with Gasteiger partial charge in [0, 0.05) is 12.7 Å². The molecule has 2 aliphatic rings. The molecule has 1 unspecified atom stereocenters. The predicted octanol–water partition coefficient (Wildman–Crippen LogP) is 3.63. The van der Waals surface area contributed by atoms with Gasteiger partial charge in [-0.15, -0.1) is 0 Å². The van der Waals surface area contributed by atoms with Crippen molar-refractivity contribution in [2.45, 2.75) is 25.3 Å². The minimum absolute atomic E-state index is 0.397. The molecule has 1 amide bonds. The molecule has 3 aromatic rings. The number of carbonyl (C=O) groups excluding carboxylic acids is 1. The Hall–Kier alpha value is -3.78. The average molecular weight is 461 g/mol. The van der Waals surface area contributed by atoms with E-state index in [-0.39, 0.29) is 0 Å². The third-order valence-corrected chi connectivity index (χ3v) is 6.48. The lowest BCUT2D eigenvalue weighted by molar-refractivity contribution is -0.128. The highest BCUT2D eigenvalue weighted by Crippen LogP contribution is 2.40. The molecule has 0 saturated carbocycles. The summed E-state index contributed by atoms with van der Waals surface area (Å²) in [4.78, 5) is 23.6. The fourth-order valence-electron chi connectivity index (χ4n) is 4.76. The second kappa shape index (κ2) is 8.53. The first-order valence-corrected chi connectivity index (χ1v) is 11.1. The van der Waals surface area contributed by atoms with Crippen LogP contribution in [0.1, 0.15) is 29.7 Å². The molecule has 1 N–H and O–H groups in total. The van der Waals surface area contributed by atoms with E-state index in [1.807, 2.05) is 46.9 Å². The first-order valence-electron chi connectivity index (χ1n) is 11.1. The van der Waals surface area contributed by atoms with Gasteiger partial charge < -0.3 is 19.3 Å². The van der Waals surface area contributed by atoms with Crippen molar-refractivity contribution in [1.82, 2.24) is 14.5 Å². The molecule has 0 spiro atoms. The summed E-state index contributed by atoms with van der Waals surface area (Å²) in [6, 6.07) is 11.6. The molecule has 5 rings (SSSR count). The van der Waals surface area contributed by atoms with Gasteiger partial charge in [-0.3, -0.25) is 4.79 Å². The minimum Gasteiger partial charge on any atom is -0.495 e. The molecule has 0 radical (unpaired) electrons. The number of piperidine rings is 1. The Morgan fingerprint density at radius 3 is 2.71 bits per heavy atom. The normalized spacial score (nSPS) is 21.1. The maximum Gasteiger partial charge on any atom is 0.280 e.